The molecule has 6 nitrogen and oxygen atoms in total. The van der Waals surface area contributed by atoms with Gasteiger partial charge in [-0.3, -0.25) is 0 Å². The minimum absolute atomic E-state index is 0.265. The summed E-state index contributed by atoms with van der Waals surface area (Å²) in [6, 6.07) is 10.2. The molecule has 0 aliphatic heterocycles. The van der Waals surface area contributed by atoms with Gasteiger partial charge in [-0.15, -0.1) is 0 Å². The van der Waals surface area contributed by atoms with Crippen molar-refractivity contribution in [1.82, 2.24) is 9.97 Å². The maximum atomic E-state index is 11.4. The van der Waals surface area contributed by atoms with E-state index in [1.165, 1.54) is 19.5 Å². The predicted molar refractivity (Wildman–Crippen MR) is 67.8 cm³/mol. The number of methoxy groups -OCH3 is 1. The topological polar surface area (TPSA) is 87.9 Å². The molecule has 0 bridgehead atoms. The van der Waals surface area contributed by atoms with E-state index >= 15 is 0 Å². The second-order valence-corrected chi connectivity index (χ2v) is 3.60. The van der Waals surface area contributed by atoms with Crippen LogP contribution in [-0.4, -0.2) is 23.0 Å². The molecule has 0 saturated carbocycles. The van der Waals surface area contributed by atoms with Gasteiger partial charge in [0.15, 0.2) is 0 Å². The molecular formula is C13H10N4O2. The number of carbonyl (C=O) groups is 1. The minimum Gasteiger partial charge on any atom is -0.465 e. The zero-order valence-corrected chi connectivity index (χ0v) is 10.1. The van der Waals surface area contributed by atoms with E-state index in [0.717, 1.165) is 0 Å². The zero-order valence-electron chi connectivity index (χ0n) is 10.1. The largest absolute Gasteiger partial charge is 0.465 e. The van der Waals surface area contributed by atoms with Crippen molar-refractivity contribution >= 4 is 17.5 Å². The Labute approximate surface area is 109 Å². The number of rotatable bonds is 3. The fourth-order valence-electron chi connectivity index (χ4n) is 1.48. The van der Waals surface area contributed by atoms with E-state index in [1.807, 2.05) is 6.07 Å². The molecule has 1 aromatic heterocycles. The van der Waals surface area contributed by atoms with Crippen LogP contribution in [0.1, 0.15) is 16.1 Å². The van der Waals surface area contributed by atoms with Crippen molar-refractivity contribution in [1.29, 1.82) is 5.26 Å². The highest BCUT2D eigenvalue weighted by Gasteiger charge is 2.06. The van der Waals surface area contributed by atoms with Gasteiger partial charge >= 0.3 is 5.97 Å². The fourth-order valence-corrected chi connectivity index (χ4v) is 1.48. The number of anilines is 2. The lowest BCUT2D eigenvalue weighted by atomic mass is 10.2. The van der Waals surface area contributed by atoms with Crippen LogP contribution in [0, 0.1) is 11.3 Å². The van der Waals surface area contributed by atoms with Gasteiger partial charge in [0, 0.05) is 11.8 Å². The third-order valence-corrected chi connectivity index (χ3v) is 2.34. The fraction of sp³-hybridized carbons (Fsp3) is 0.0769. The van der Waals surface area contributed by atoms with Crippen molar-refractivity contribution in [3.8, 4) is 6.07 Å². The number of ether oxygens (including phenoxy) is 1. The van der Waals surface area contributed by atoms with Crippen LogP contribution >= 0.6 is 0 Å². The molecule has 0 aliphatic carbocycles. The second kappa shape index (κ2) is 5.60. The number of nitrogens with zero attached hydrogens (tertiary/aromatic N) is 3. The van der Waals surface area contributed by atoms with Crippen molar-refractivity contribution in [3.05, 3.63) is 47.9 Å². The molecule has 0 aliphatic rings. The van der Waals surface area contributed by atoms with E-state index in [-0.39, 0.29) is 5.69 Å². The first-order chi connectivity index (χ1) is 9.22. The van der Waals surface area contributed by atoms with E-state index in [4.69, 9.17) is 5.26 Å². The molecular weight excluding hydrogens is 244 g/mol. The standard InChI is InChI=1S/C13H10N4O2/c1-19-13(18)9-3-2-4-10(5-9)17-12-6-11(7-14)15-8-16-12/h2-6,8H,1H3,(H,15,16,17). The number of aromatic nitrogens is 2. The molecule has 0 unspecified atom stereocenters. The quantitative estimate of drug-likeness (QED) is 0.841. The van der Waals surface area contributed by atoms with Crippen LogP contribution in [0.4, 0.5) is 11.5 Å². The average Bonchev–Trinajstić information content (AvgIpc) is 2.47. The van der Waals surface area contributed by atoms with Crippen LogP contribution in [0.5, 0.6) is 0 Å². The Morgan fingerprint density at radius 3 is 2.95 bits per heavy atom. The Bertz CT molecular complexity index is 649. The van der Waals surface area contributed by atoms with Gasteiger partial charge < -0.3 is 10.1 Å². The molecule has 94 valence electrons. The average molecular weight is 254 g/mol. The van der Waals surface area contributed by atoms with Crippen LogP contribution in [0.2, 0.25) is 0 Å². The lowest BCUT2D eigenvalue weighted by Gasteiger charge is -2.06. The third-order valence-electron chi connectivity index (χ3n) is 2.34. The third kappa shape index (κ3) is 3.04. The molecule has 6 heteroatoms. The molecule has 0 amide bonds. The molecule has 0 radical (unpaired) electrons. The van der Waals surface area contributed by atoms with Crippen LogP contribution in [0.25, 0.3) is 0 Å². The highest BCUT2D eigenvalue weighted by atomic mass is 16.5. The van der Waals surface area contributed by atoms with Crippen molar-refractivity contribution in [2.75, 3.05) is 12.4 Å². The van der Waals surface area contributed by atoms with Gasteiger partial charge in [0.25, 0.3) is 0 Å². The number of nitriles is 1. The van der Waals surface area contributed by atoms with E-state index < -0.39 is 5.97 Å². The summed E-state index contributed by atoms with van der Waals surface area (Å²) in [5.41, 5.74) is 1.37. The lowest BCUT2D eigenvalue weighted by Crippen LogP contribution is -2.02. The van der Waals surface area contributed by atoms with Crippen molar-refractivity contribution in [3.63, 3.8) is 0 Å². The molecule has 1 heterocycles. The van der Waals surface area contributed by atoms with E-state index in [2.05, 4.69) is 20.0 Å². The summed E-state index contributed by atoms with van der Waals surface area (Å²) in [7, 11) is 1.33. The molecule has 0 spiro atoms. The first kappa shape index (κ1) is 12.5. The van der Waals surface area contributed by atoms with Gasteiger partial charge in [-0.25, -0.2) is 14.8 Å². The summed E-state index contributed by atoms with van der Waals surface area (Å²) in [5.74, 6) is 0.0672. The highest BCUT2D eigenvalue weighted by Crippen LogP contribution is 2.16. The van der Waals surface area contributed by atoms with Crippen molar-refractivity contribution in [2.45, 2.75) is 0 Å². The van der Waals surface area contributed by atoms with Gasteiger partial charge in [-0.05, 0) is 18.2 Å². The maximum absolute atomic E-state index is 11.4. The van der Waals surface area contributed by atoms with Gasteiger partial charge in [-0.2, -0.15) is 5.26 Å². The Balaban J connectivity index is 2.23. The van der Waals surface area contributed by atoms with Gasteiger partial charge in [0.2, 0.25) is 0 Å². The molecule has 0 saturated heterocycles. The number of hydrogen-bond donors (Lipinski definition) is 1. The molecule has 0 fully saturated rings. The summed E-state index contributed by atoms with van der Waals surface area (Å²) in [5, 5.41) is 11.7. The van der Waals surface area contributed by atoms with Crippen molar-refractivity contribution < 1.29 is 9.53 Å². The second-order valence-electron chi connectivity index (χ2n) is 3.60. The first-order valence-electron chi connectivity index (χ1n) is 5.40. The van der Waals surface area contributed by atoms with Crippen LogP contribution < -0.4 is 5.32 Å². The van der Waals surface area contributed by atoms with E-state index in [1.54, 1.807) is 24.3 Å². The molecule has 1 aromatic carbocycles. The van der Waals surface area contributed by atoms with Crippen LogP contribution in [0.3, 0.4) is 0 Å². The van der Waals surface area contributed by atoms with Gasteiger partial charge in [0.1, 0.15) is 23.9 Å². The summed E-state index contributed by atoms with van der Waals surface area (Å²) in [6.07, 6.45) is 1.30. The summed E-state index contributed by atoms with van der Waals surface area (Å²) >= 11 is 0. The summed E-state index contributed by atoms with van der Waals surface area (Å²) in [6.45, 7) is 0. The van der Waals surface area contributed by atoms with Gasteiger partial charge in [0.05, 0.1) is 12.7 Å². The number of carbonyl (C=O) groups excluding carboxylic acids is 1. The van der Waals surface area contributed by atoms with Crippen LogP contribution in [-0.2, 0) is 4.74 Å². The smallest absolute Gasteiger partial charge is 0.337 e. The molecule has 0 atom stereocenters. The monoisotopic (exact) mass is 254 g/mol. The number of nitrogens with one attached hydrogen (secondary N) is 1. The highest BCUT2D eigenvalue weighted by molar-refractivity contribution is 5.90. The van der Waals surface area contributed by atoms with Crippen molar-refractivity contribution in [2.24, 2.45) is 0 Å². The zero-order chi connectivity index (χ0) is 13.7. The Morgan fingerprint density at radius 1 is 1.37 bits per heavy atom. The SMILES string of the molecule is COC(=O)c1cccc(Nc2cc(C#N)ncn2)c1. The molecule has 19 heavy (non-hydrogen) atoms. The predicted octanol–water partition coefficient (Wildman–Crippen LogP) is 1.88. The van der Waals surface area contributed by atoms with Crippen LogP contribution in [0.15, 0.2) is 36.7 Å². The Morgan fingerprint density at radius 2 is 2.21 bits per heavy atom. The Hall–Kier alpha value is -2.94. The summed E-state index contributed by atoms with van der Waals surface area (Å²) < 4.78 is 4.64. The lowest BCUT2D eigenvalue weighted by molar-refractivity contribution is 0.0601. The maximum Gasteiger partial charge on any atom is 0.337 e. The number of benzene rings is 1. The minimum atomic E-state index is -0.413. The summed E-state index contributed by atoms with van der Waals surface area (Å²) in [4.78, 5) is 19.2. The number of hydrogen-bond acceptors (Lipinski definition) is 6. The molecule has 2 aromatic rings. The number of esters is 1. The Kier molecular flexibility index (Phi) is 3.69. The molecule has 1 N–H and O–H groups in total. The normalized spacial score (nSPS) is 9.47. The molecule has 2 rings (SSSR count). The van der Waals surface area contributed by atoms with E-state index in [9.17, 15) is 4.79 Å². The first-order valence-corrected chi connectivity index (χ1v) is 5.40. The van der Waals surface area contributed by atoms with E-state index in [0.29, 0.717) is 17.1 Å². The van der Waals surface area contributed by atoms with Gasteiger partial charge in [-0.1, -0.05) is 6.07 Å².